The number of nitriles is 1. The smallest absolute Gasteiger partial charge is 0.300 e. The Labute approximate surface area is 173 Å². The molecule has 6 heteroatoms. The van der Waals surface area contributed by atoms with E-state index in [1.807, 2.05) is 25.1 Å². The number of aromatic nitrogens is 1. The van der Waals surface area contributed by atoms with Gasteiger partial charge in [-0.05, 0) is 48.9 Å². The van der Waals surface area contributed by atoms with Gasteiger partial charge >= 0.3 is 0 Å². The predicted molar refractivity (Wildman–Crippen MR) is 111 cm³/mol. The Morgan fingerprint density at radius 3 is 2.23 bits per heavy atom. The zero-order chi connectivity index (χ0) is 21.3. The molecule has 0 bridgehead atoms. The summed E-state index contributed by atoms with van der Waals surface area (Å²) in [6, 6.07) is 18.1. The number of nitrogens with zero attached hydrogens (tertiary/aromatic N) is 3. The largest absolute Gasteiger partial charge is 0.507 e. The number of aryl methyl sites for hydroxylation is 1. The van der Waals surface area contributed by atoms with E-state index < -0.39 is 17.7 Å². The second-order valence-electron chi connectivity index (χ2n) is 6.97. The number of Topliss-reactive ketones (excluding diaryl/α,β-unsaturated/α-hetero) is 1. The van der Waals surface area contributed by atoms with Crippen LogP contribution in [0.25, 0.3) is 5.76 Å². The topological polar surface area (TPSA) is 94.3 Å². The first-order valence-electron chi connectivity index (χ1n) is 9.29. The number of aliphatic hydroxyl groups excluding tert-OH is 1. The molecule has 2 aromatic carbocycles. The van der Waals surface area contributed by atoms with Crippen LogP contribution < -0.4 is 4.90 Å². The second kappa shape index (κ2) is 7.64. The van der Waals surface area contributed by atoms with Crippen LogP contribution in [0, 0.1) is 18.3 Å². The van der Waals surface area contributed by atoms with Crippen molar-refractivity contribution < 1.29 is 14.7 Å². The van der Waals surface area contributed by atoms with E-state index in [1.54, 1.807) is 60.9 Å². The van der Waals surface area contributed by atoms with Gasteiger partial charge in [-0.3, -0.25) is 19.5 Å². The summed E-state index contributed by atoms with van der Waals surface area (Å²) in [5.41, 5.74) is 3.02. The van der Waals surface area contributed by atoms with Gasteiger partial charge in [0.25, 0.3) is 11.7 Å². The number of hydrogen-bond donors (Lipinski definition) is 1. The van der Waals surface area contributed by atoms with Crippen LogP contribution in [-0.4, -0.2) is 21.8 Å². The normalized spacial score (nSPS) is 17.7. The Balaban J connectivity index is 1.92. The second-order valence-corrected chi connectivity index (χ2v) is 6.97. The van der Waals surface area contributed by atoms with Crippen LogP contribution in [0.3, 0.4) is 0 Å². The molecule has 0 aliphatic carbocycles. The summed E-state index contributed by atoms with van der Waals surface area (Å²) >= 11 is 0. The molecule has 4 rings (SSSR count). The van der Waals surface area contributed by atoms with Gasteiger partial charge in [-0.1, -0.05) is 29.8 Å². The van der Waals surface area contributed by atoms with Gasteiger partial charge < -0.3 is 5.11 Å². The van der Waals surface area contributed by atoms with Crippen LogP contribution in [-0.2, 0) is 9.59 Å². The highest BCUT2D eigenvalue weighted by Gasteiger charge is 2.46. The van der Waals surface area contributed by atoms with Crippen molar-refractivity contribution in [2.24, 2.45) is 0 Å². The van der Waals surface area contributed by atoms with Crippen molar-refractivity contribution in [1.29, 1.82) is 5.26 Å². The third-order valence-electron chi connectivity index (χ3n) is 5.07. The lowest BCUT2D eigenvalue weighted by molar-refractivity contribution is -0.132. The standard InChI is InChI=1S/C24H17N3O3/c1-15-2-6-18(7-3-15)22(28)20-21(17-10-12-26-13-11-17)27(24(30)23(20)29)19-8-4-16(14-25)5-9-19/h2-13,21,28H,1H3/b22-20-. The number of carbonyl (C=O) groups is 2. The van der Waals surface area contributed by atoms with Crippen molar-refractivity contribution in [2.45, 2.75) is 13.0 Å². The van der Waals surface area contributed by atoms with Gasteiger partial charge in [0.15, 0.2) is 0 Å². The molecule has 1 amide bonds. The molecule has 1 saturated heterocycles. The van der Waals surface area contributed by atoms with Crippen LogP contribution in [0.4, 0.5) is 5.69 Å². The maximum atomic E-state index is 13.0. The van der Waals surface area contributed by atoms with Crippen LogP contribution in [0.2, 0.25) is 0 Å². The molecule has 1 aliphatic heterocycles. The number of ketones is 1. The zero-order valence-corrected chi connectivity index (χ0v) is 16.1. The molecule has 1 fully saturated rings. The molecule has 1 unspecified atom stereocenters. The van der Waals surface area contributed by atoms with E-state index in [0.717, 1.165) is 5.56 Å². The average Bonchev–Trinajstić information content (AvgIpc) is 3.05. The maximum Gasteiger partial charge on any atom is 0.300 e. The lowest BCUT2D eigenvalue weighted by Crippen LogP contribution is -2.29. The minimum Gasteiger partial charge on any atom is -0.507 e. The number of amides is 1. The van der Waals surface area contributed by atoms with Crippen molar-refractivity contribution >= 4 is 23.1 Å². The molecule has 1 aliphatic rings. The van der Waals surface area contributed by atoms with Gasteiger partial charge in [0.05, 0.1) is 23.2 Å². The molecule has 30 heavy (non-hydrogen) atoms. The lowest BCUT2D eigenvalue weighted by Gasteiger charge is -2.25. The third-order valence-corrected chi connectivity index (χ3v) is 5.07. The van der Waals surface area contributed by atoms with Gasteiger partial charge in [0.2, 0.25) is 0 Å². The Hall–Kier alpha value is -4.24. The van der Waals surface area contributed by atoms with Gasteiger partial charge in [0, 0.05) is 23.6 Å². The van der Waals surface area contributed by atoms with Gasteiger partial charge in [-0.25, -0.2) is 0 Å². The molecule has 1 N–H and O–H groups in total. The first-order chi connectivity index (χ1) is 14.5. The van der Waals surface area contributed by atoms with E-state index in [2.05, 4.69) is 4.98 Å². The molecular weight excluding hydrogens is 378 g/mol. The van der Waals surface area contributed by atoms with Crippen molar-refractivity contribution in [1.82, 2.24) is 4.98 Å². The number of hydrogen-bond acceptors (Lipinski definition) is 5. The molecule has 1 atom stereocenters. The highest BCUT2D eigenvalue weighted by molar-refractivity contribution is 6.51. The molecule has 6 nitrogen and oxygen atoms in total. The Morgan fingerprint density at radius 1 is 1.00 bits per heavy atom. The minimum absolute atomic E-state index is 0.0133. The van der Waals surface area contributed by atoms with Gasteiger partial charge in [0.1, 0.15) is 5.76 Å². The molecule has 3 aromatic rings. The number of carbonyl (C=O) groups excluding carboxylic acids is 2. The van der Waals surface area contributed by atoms with Crippen molar-refractivity contribution in [3.05, 3.63) is 101 Å². The van der Waals surface area contributed by atoms with E-state index >= 15 is 0 Å². The summed E-state index contributed by atoms with van der Waals surface area (Å²) in [6.07, 6.45) is 3.14. The minimum atomic E-state index is -0.817. The van der Waals surface area contributed by atoms with E-state index in [-0.39, 0.29) is 11.3 Å². The summed E-state index contributed by atoms with van der Waals surface area (Å²) in [6.45, 7) is 1.92. The fourth-order valence-electron chi connectivity index (χ4n) is 3.52. The number of aliphatic hydroxyl groups is 1. The van der Waals surface area contributed by atoms with E-state index in [1.165, 1.54) is 4.90 Å². The maximum absolute atomic E-state index is 13.0. The Kier molecular flexibility index (Phi) is 4.87. The van der Waals surface area contributed by atoms with Crippen LogP contribution in [0.15, 0.2) is 78.6 Å². The fourth-order valence-corrected chi connectivity index (χ4v) is 3.52. The van der Waals surface area contributed by atoms with E-state index in [9.17, 15) is 14.7 Å². The Bertz CT molecular complexity index is 1190. The summed E-state index contributed by atoms with van der Waals surface area (Å²) in [7, 11) is 0. The van der Waals surface area contributed by atoms with Crippen LogP contribution in [0.1, 0.15) is 28.3 Å². The first-order valence-corrected chi connectivity index (χ1v) is 9.29. The SMILES string of the molecule is Cc1ccc(/C(O)=C2/C(=O)C(=O)N(c3ccc(C#N)cc3)C2c2ccncc2)cc1. The predicted octanol–water partition coefficient (Wildman–Crippen LogP) is 3.89. The summed E-state index contributed by atoms with van der Waals surface area (Å²) in [5, 5.41) is 20.0. The summed E-state index contributed by atoms with van der Waals surface area (Å²) in [5.74, 6) is -1.74. The molecule has 0 radical (unpaired) electrons. The molecule has 1 aromatic heterocycles. The van der Waals surface area contributed by atoms with Crippen molar-refractivity contribution in [3.63, 3.8) is 0 Å². The van der Waals surface area contributed by atoms with Gasteiger partial charge in [-0.15, -0.1) is 0 Å². The highest BCUT2D eigenvalue weighted by Crippen LogP contribution is 2.41. The molecule has 2 heterocycles. The summed E-state index contributed by atoms with van der Waals surface area (Å²) < 4.78 is 0. The molecular formula is C24H17N3O3. The zero-order valence-electron chi connectivity index (χ0n) is 16.1. The van der Waals surface area contributed by atoms with Crippen molar-refractivity contribution in [3.8, 4) is 6.07 Å². The molecule has 146 valence electrons. The number of benzene rings is 2. The van der Waals surface area contributed by atoms with Gasteiger partial charge in [-0.2, -0.15) is 5.26 Å². The number of anilines is 1. The number of rotatable bonds is 3. The monoisotopic (exact) mass is 395 g/mol. The summed E-state index contributed by atoms with van der Waals surface area (Å²) in [4.78, 5) is 31.4. The van der Waals surface area contributed by atoms with E-state index in [0.29, 0.717) is 22.4 Å². The third kappa shape index (κ3) is 3.23. The van der Waals surface area contributed by atoms with Crippen LogP contribution in [0.5, 0.6) is 0 Å². The van der Waals surface area contributed by atoms with Crippen molar-refractivity contribution in [2.75, 3.05) is 4.90 Å². The molecule has 0 saturated carbocycles. The lowest BCUT2D eigenvalue weighted by atomic mass is 9.95. The Morgan fingerprint density at radius 2 is 1.63 bits per heavy atom. The number of pyridine rings is 1. The average molecular weight is 395 g/mol. The quantitative estimate of drug-likeness (QED) is 0.412. The fraction of sp³-hybridized carbons (Fsp3) is 0.0833. The molecule has 0 spiro atoms. The van der Waals surface area contributed by atoms with Crippen LogP contribution >= 0.6 is 0 Å². The highest BCUT2D eigenvalue weighted by atomic mass is 16.3. The van der Waals surface area contributed by atoms with E-state index in [4.69, 9.17) is 5.26 Å². The first kappa shape index (κ1) is 19.1.